The second-order valence-electron chi connectivity index (χ2n) is 4.02. The molecule has 1 rings (SSSR count). The molecule has 0 bridgehead atoms. The number of nitrogens with zero attached hydrogens (tertiary/aromatic N) is 1. The number of nitrogens with one attached hydrogen (secondary N) is 1. The number of aromatic nitrogens is 2. The molecule has 1 aromatic rings. The van der Waals surface area contributed by atoms with Crippen molar-refractivity contribution in [3.63, 3.8) is 0 Å². The summed E-state index contributed by atoms with van der Waals surface area (Å²) in [5.41, 5.74) is 0.0788. The largest absolute Gasteiger partial charge is 0.493 e. The minimum Gasteiger partial charge on any atom is -0.493 e. The standard InChI is InChI=1S/C12H20N2O3/c1-4-6-8-11(15)13-10(14-12(8)16)9(17-3)7-5-2/h9H,4-7H2,1-3H3,(H2,13,14,15,16). The van der Waals surface area contributed by atoms with Crippen molar-refractivity contribution in [2.24, 2.45) is 0 Å². The molecule has 1 heterocycles. The normalized spacial score (nSPS) is 12.6. The van der Waals surface area contributed by atoms with Crippen LogP contribution in [-0.4, -0.2) is 22.2 Å². The maximum Gasteiger partial charge on any atom is 0.258 e. The quantitative estimate of drug-likeness (QED) is 0.796. The Balaban J connectivity index is 3.08. The van der Waals surface area contributed by atoms with E-state index >= 15 is 0 Å². The van der Waals surface area contributed by atoms with E-state index in [-0.39, 0.29) is 17.5 Å². The molecule has 0 aliphatic rings. The lowest BCUT2D eigenvalue weighted by atomic mass is 10.1. The summed E-state index contributed by atoms with van der Waals surface area (Å²) in [4.78, 5) is 18.5. The van der Waals surface area contributed by atoms with Gasteiger partial charge in [0.05, 0.1) is 5.56 Å². The van der Waals surface area contributed by atoms with Gasteiger partial charge in [-0.3, -0.25) is 4.79 Å². The van der Waals surface area contributed by atoms with Gasteiger partial charge in [-0.15, -0.1) is 0 Å². The molecule has 0 aliphatic heterocycles. The fourth-order valence-corrected chi connectivity index (χ4v) is 1.76. The zero-order chi connectivity index (χ0) is 12.8. The van der Waals surface area contributed by atoms with E-state index in [4.69, 9.17) is 4.74 Å². The molecule has 0 saturated carbocycles. The molecule has 5 heteroatoms. The number of methoxy groups -OCH3 is 1. The Labute approximate surface area is 101 Å². The molecule has 0 spiro atoms. The number of aromatic hydroxyl groups is 1. The monoisotopic (exact) mass is 240 g/mol. The summed E-state index contributed by atoms with van der Waals surface area (Å²) in [7, 11) is 1.57. The highest BCUT2D eigenvalue weighted by atomic mass is 16.5. The predicted octanol–water partition coefficient (Wildman–Crippen LogP) is 1.92. The highest BCUT2D eigenvalue weighted by Gasteiger charge is 2.16. The molecule has 0 saturated heterocycles. The summed E-state index contributed by atoms with van der Waals surface area (Å²) < 4.78 is 5.24. The molecule has 0 aromatic carbocycles. The van der Waals surface area contributed by atoms with Crippen molar-refractivity contribution in [1.29, 1.82) is 0 Å². The second-order valence-corrected chi connectivity index (χ2v) is 4.02. The number of ether oxygens (including phenoxy) is 1. The summed E-state index contributed by atoms with van der Waals surface area (Å²) in [6.45, 7) is 3.97. The average molecular weight is 240 g/mol. The van der Waals surface area contributed by atoms with Crippen molar-refractivity contribution in [3.05, 3.63) is 21.7 Å². The van der Waals surface area contributed by atoms with Crippen LogP contribution in [0.1, 0.15) is 50.6 Å². The van der Waals surface area contributed by atoms with E-state index in [2.05, 4.69) is 9.97 Å². The molecule has 1 unspecified atom stereocenters. The second kappa shape index (κ2) is 6.39. The minimum absolute atomic E-state index is 0.177. The van der Waals surface area contributed by atoms with Crippen LogP contribution in [-0.2, 0) is 11.2 Å². The molecule has 1 atom stereocenters. The first-order valence-electron chi connectivity index (χ1n) is 5.98. The molecule has 96 valence electrons. The summed E-state index contributed by atoms with van der Waals surface area (Å²) in [5, 5.41) is 9.73. The van der Waals surface area contributed by atoms with Crippen LogP contribution in [0.2, 0.25) is 0 Å². The molecule has 2 N–H and O–H groups in total. The highest BCUT2D eigenvalue weighted by Crippen LogP contribution is 2.20. The zero-order valence-corrected chi connectivity index (χ0v) is 10.6. The van der Waals surface area contributed by atoms with Gasteiger partial charge in [0, 0.05) is 7.11 Å². The Hall–Kier alpha value is -1.36. The molecular weight excluding hydrogens is 220 g/mol. The zero-order valence-electron chi connectivity index (χ0n) is 10.6. The van der Waals surface area contributed by atoms with Gasteiger partial charge in [-0.25, -0.2) is 0 Å². The van der Waals surface area contributed by atoms with Crippen LogP contribution in [0, 0.1) is 0 Å². The van der Waals surface area contributed by atoms with Crippen LogP contribution in [0.15, 0.2) is 4.79 Å². The third kappa shape index (κ3) is 3.30. The van der Waals surface area contributed by atoms with Gasteiger partial charge in [-0.05, 0) is 12.8 Å². The summed E-state index contributed by atoms with van der Waals surface area (Å²) in [6.07, 6.45) is 2.72. The van der Waals surface area contributed by atoms with Gasteiger partial charge >= 0.3 is 0 Å². The Bertz CT molecular complexity index is 415. The van der Waals surface area contributed by atoms with Crippen LogP contribution >= 0.6 is 0 Å². The van der Waals surface area contributed by atoms with Crippen molar-refractivity contribution in [3.8, 4) is 5.88 Å². The lowest BCUT2D eigenvalue weighted by molar-refractivity contribution is 0.0867. The van der Waals surface area contributed by atoms with E-state index in [9.17, 15) is 9.90 Å². The molecule has 0 radical (unpaired) electrons. The van der Waals surface area contributed by atoms with Crippen LogP contribution in [0.4, 0.5) is 0 Å². The van der Waals surface area contributed by atoms with Gasteiger partial charge in [0.15, 0.2) is 0 Å². The van der Waals surface area contributed by atoms with Gasteiger partial charge in [-0.1, -0.05) is 26.7 Å². The molecule has 0 amide bonds. The minimum atomic E-state index is -0.271. The van der Waals surface area contributed by atoms with Crippen LogP contribution in [0.25, 0.3) is 0 Å². The number of aromatic amines is 1. The van der Waals surface area contributed by atoms with Gasteiger partial charge in [0.2, 0.25) is 5.88 Å². The molecule has 0 aliphatic carbocycles. The number of rotatable bonds is 6. The lowest BCUT2D eigenvalue weighted by Gasteiger charge is -2.14. The van der Waals surface area contributed by atoms with Crippen molar-refractivity contribution < 1.29 is 9.84 Å². The summed E-state index contributed by atoms with van der Waals surface area (Å²) >= 11 is 0. The molecule has 1 aromatic heterocycles. The molecular formula is C12H20N2O3. The van der Waals surface area contributed by atoms with Crippen molar-refractivity contribution in [2.75, 3.05) is 7.11 Å². The molecule has 0 fully saturated rings. The third-order valence-electron chi connectivity index (χ3n) is 2.65. The predicted molar refractivity (Wildman–Crippen MR) is 65.2 cm³/mol. The van der Waals surface area contributed by atoms with E-state index in [0.717, 1.165) is 19.3 Å². The number of hydrogen-bond donors (Lipinski definition) is 2. The van der Waals surface area contributed by atoms with Gasteiger partial charge in [0.1, 0.15) is 11.9 Å². The van der Waals surface area contributed by atoms with Crippen molar-refractivity contribution in [2.45, 2.75) is 45.6 Å². The SMILES string of the molecule is CCCc1c(O)nc(C(CCC)OC)[nH]c1=O. The van der Waals surface area contributed by atoms with Crippen LogP contribution in [0.5, 0.6) is 5.88 Å². The summed E-state index contributed by atoms with van der Waals surface area (Å²) in [6, 6.07) is 0. The van der Waals surface area contributed by atoms with Gasteiger partial charge in [-0.2, -0.15) is 4.98 Å². The van der Waals surface area contributed by atoms with E-state index in [1.165, 1.54) is 0 Å². The summed E-state index contributed by atoms with van der Waals surface area (Å²) in [5.74, 6) is 0.223. The van der Waals surface area contributed by atoms with Crippen molar-refractivity contribution >= 4 is 0 Å². The van der Waals surface area contributed by atoms with Gasteiger partial charge in [0.25, 0.3) is 5.56 Å². The first-order valence-corrected chi connectivity index (χ1v) is 5.98. The Morgan fingerprint density at radius 2 is 2.12 bits per heavy atom. The van der Waals surface area contributed by atoms with E-state index in [1.807, 2.05) is 13.8 Å². The average Bonchev–Trinajstić information content (AvgIpc) is 2.30. The number of H-pyrrole nitrogens is 1. The first kappa shape index (κ1) is 13.7. The van der Waals surface area contributed by atoms with Crippen molar-refractivity contribution in [1.82, 2.24) is 9.97 Å². The molecule has 5 nitrogen and oxygen atoms in total. The van der Waals surface area contributed by atoms with Gasteiger partial charge < -0.3 is 14.8 Å². The maximum atomic E-state index is 11.8. The third-order valence-corrected chi connectivity index (χ3v) is 2.65. The van der Waals surface area contributed by atoms with E-state index in [1.54, 1.807) is 7.11 Å². The maximum absolute atomic E-state index is 11.8. The molecule has 17 heavy (non-hydrogen) atoms. The smallest absolute Gasteiger partial charge is 0.258 e. The first-order chi connectivity index (χ1) is 8.13. The van der Waals surface area contributed by atoms with Crippen LogP contribution < -0.4 is 5.56 Å². The Morgan fingerprint density at radius 1 is 1.41 bits per heavy atom. The fourth-order valence-electron chi connectivity index (χ4n) is 1.76. The Kier molecular flexibility index (Phi) is 5.15. The number of hydrogen-bond acceptors (Lipinski definition) is 4. The Morgan fingerprint density at radius 3 is 2.59 bits per heavy atom. The highest BCUT2D eigenvalue weighted by molar-refractivity contribution is 5.23. The fraction of sp³-hybridized carbons (Fsp3) is 0.667. The van der Waals surface area contributed by atoms with E-state index < -0.39 is 0 Å². The van der Waals surface area contributed by atoms with Crippen LogP contribution in [0.3, 0.4) is 0 Å². The lowest BCUT2D eigenvalue weighted by Crippen LogP contribution is -2.19. The van der Waals surface area contributed by atoms with E-state index in [0.29, 0.717) is 17.8 Å². The topological polar surface area (TPSA) is 75.2 Å².